The SMILES string of the molecule is CC(=O)C1C(=O)C(C(C)C)[C@@]2(C)C[C@@]3(C)Cc4c(-c5ccc(CCCC(C)(C)F)cc5)ccc(O)c4C(=O)C3C(=O)[C@@]2(O)C1=O. The molecule has 2 aromatic rings. The second kappa shape index (κ2) is 10.8. The van der Waals surface area contributed by atoms with Gasteiger partial charge in [-0.15, -0.1) is 0 Å². The van der Waals surface area contributed by atoms with E-state index in [1.54, 1.807) is 47.6 Å². The lowest BCUT2D eigenvalue weighted by molar-refractivity contribution is -0.205. The van der Waals surface area contributed by atoms with E-state index in [0.717, 1.165) is 18.1 Å². The summed E-state index contributed by atoms with van der Waals surface area (Å²) >= 11 is 0. The Morgan fingerprint density at radius 2 is 1.64 bits per heavy atom. The summed E-state index contributed by atoms with van der Waals surface area (Å²) in [4.78, 5) is 68.8. The Morgan fingerprint density at radius 1 is 1.02 bits per heavy atom. The van der Waals surface area contributed by atoms with Crippen molar-refractivity contribution in [2.45, 2.75) is 91.8 Å². The molecule has 6 atom stereocenters. The number of benzene rings is 2. The zero-order valence-corrected chi connectivity index (χ0v) is 27.1. The fraction of sp³-hybridized carbons (Fsp3) is 0.541. The molecule has 3 unspecified atom stereocenters. The maximum absolute atomic E-state index is 14.4. The van der Waals surface area contributed by atoms with E-state index in [4.69, 9.17) is 0 Å². The predicted octanol–water partition coefficient (Wildman–Crippen LogP) is 5.83. The van der Waals surface area contributed by atoms with Gasteiger partial charge in [0.2, 0.25) is 0 Å². The van der Waals surface area contributed by atoms with Crippen LogP contribution in [0.4, 0.5) is 4.39 Å². The van der Waals surface area contributed by atoms with Crippen molar-refractivity contribution in [1.29, 1.82) is 0 Å². The van der Waals surface area contributed by atoms with E-state index in [-0.39, 0.29) is 24.2 Å². The van der Waals surface area contributed by atoms with E-state index < -0.39 is 74.7 Å². The molecule has 0 bridgehead atoms. The van der Waals surface area contributed by atoms with Gasteiger partial charge in [-0.25, -0.2) is 4.39 Å². The molecule has 45 heavy (non-hydrogen) atoms. The second-order valence-corrected chi connectivity index (χ2v) is 15.1. The van der Waals surface area contributed by atoms with Crippen LogP contribution in [0.25, 0.3) is 11.1 Å². The summed E-state index contributed by atoms with van der Waals surface area (Å²) in [5.74, 6) is -9.10. The van der Waals surface area contributed by atoms with Gasteiger partial charge in [0.25, 0.3) is 0 Å². The number of carbonyl (C=O) groups excluding carboxylic acids is 5. The average molecular weight is 619 g/mol. The van der Waals surface area contributed by atoms with Gasteiger partial charge in [0.15, 0.2) is 28.7 Å². The number of rotatable bonds is 7. The monoisotopic (exact) mass is 618 g/mol. The minimum absolute atomic E-state index is 0.00198. The van der Waals surface area contributed by atoms with Gasteiger partial charge >= 0.3 is 0 Å². The molecule has 2 N–H and O–H groups in total. The normalized spacial score (nSPS) is 31.5. The van der Waals surface area contributed by atoms with Gasteiger partial charge in [-0.05, 0) is 92.5 Å². The van der Waals surface area contributed by atoms with Gasteiger partial charge < -0.3 is 10.2 Å². The quantitative estimate of drug-likeness (QED) is 0.374. The number of halogens is 1. The van der Waals surface area contributed by atoms with Crippen molar-refractivity contribution in [1.82, 2.24) is 0 Å². The largest absolute Gasteiger partial charge is 0.507 e. The zero-order valence-electron chi connectivity index (χ0n) is 27.1. The van der Waals surface area contributed by atoms with Crippen LogP contribution in [0.15, 0.2) is 36.4 Å². The third-order valence-electron chi connectivity index (χ3n) is 10.8. The van der Waals surface area contributed by atoms with E-state index in [1.807, 2.05) is 24.3 Å². The number of hydrogen-bond donors (Lipinski definition) is 2. The topological polar surface area (TPSA) is 126 Å². The maximum Gasteiger partial charge on any atom is 0.190 e. The first-order valence-electron chi connectivity index (χ1n) is 15.8. The minimum Gasteiger partial charge on any atom is -0.507 e. The molecular formula is C37H43FO7. The molecule has 3 aliphatic rings. The number of fused-ring (bicyclic) bond motifs is 3. The Bertz CT molecular complexity index is 1620. The molecule has 0 radical (unpaired) electrons. The van der Waals surface area contributed by atoms with Crippen molar-refractivity contribution < 1.29 is 38.6 Å². The molecule has 0 heterocycles. The van der Waals surface area contributed by atoms with Crippen LogP contribution in [0.3, 0.4) is 0 Å². The molecule has 5 rings (SSSR count). The fourth-order valence-corrected chi connectivity index (χ4v) is 8.97. The van der Waals surface area contributed by atoms with E-state index in [9.17, 15) is 38.6 Å². The molecule has 2 saturated carbocycles. The van der Waals surface area contributed by atoms with Gasteiger partial charge in [-0.3, -0.25) is 24.0 Å². The summed E-state index contributed by atoms with van der Waals surface area (Å²) in [6.07, 6.45) is 2.03. The van der Waals surface area contributed by atoms with Gasteiger partial charge in [-0.1, -0.05) is 58.0 Å². The lowest BCUT2D eigenvalue weighted by atomic mass is 9.40. The molecule has 8 heteroatoms. The number of phenolic OH excluding ortho intramolecular Hbond substituents is 1. The molecule has 0 saturated heterocycles. The van der Waals surface area contributed by atoms with Crippen molar-refractivity contribution >= 4 is 28.9 Å². The molecule has 2 aromatic carbocycles. The summed E-state index contributed by atoms with van der Waals surface area (Å²) < 4.78 is 13.9. The summed E-state index contributed by atoms with van der Waals surface area (Å²) in [6, 6.07) is 10.9. The Morgan fingerprint density at radius 3 is 2.20 bits per heavy atom. The Hall–Kier alpha value is -3.52. The smallest absolute Gasteiger partial charge is 0.190 e. The van der Waals surface area contributed by atoms with E-state index in [1.165, 1.54) is 6.07 Å². The lowest BCUT2D eigenvalue weighted by Crippen LogP contribution is -2.76. The molecule has 3 aliphatic carbocycles. The van der Waals surface area contributed by atoms with Gasteiger partial charge in [0.1, 0.15) is 23.1 Å². The first kappa shape index (κ1) is 32.9. The van der Waals surface area contributed by atoms with Gasteiger partial charge in [0.05, 0.1) is 11.5 Å². The van der Waals surface area contributed by atoms with E-state index in [2.05, 4.69) is 0 Å². The highest BCUT2D eigenvalue weighted by atomic mass is 19.1. The first-order valence-corrected chi connectivity index (χ1v) is 15.8. The van der Waals surface area contributed by atoms with Gasteiger partial charge in [-0.2, -0.15) is 0 Å². The number of aromatic hydroxyl groups is 1. The highest BCUT2D eigenvalue weighted by molar-refractivity contribution is 6.32. The minimum atomic E-state index is -2.72. The summed E-state index contributed by atoms with van der Waals surface area (Å²) in [5.41, 5.74) is -3.53. The van der Waals surface area contributed by atoms with Crippen LogP contribution in [-0.2, 0) is 32.0 Å². The van der Waals surface area contributed by atoms with Crippen molar-refractivity contribution in [3.8, 4) is 16.9 Å². The predicted molar refractivity (Wildman–Crippen MR) is 166 cm³/mol. The molecule has 240 valence electrons. The molecule has 0 amide bonds. The number of ketones is 5. The van der Waals surface area contributed by atoms with Crippen molar-refractivity contribution in [3.05, 3.63) is 53.1 Å². The number of aliphatic hydroxyl groups is 1. The second-order valence-electron chi connectivity index (χ2n) is 15.1. The zero-order chi connectivity index (χ0) is 33.4. The van der Waals surface area contributed by atoms with Crippen molar-refractivity contribution in [2.75, 3.05) is 0 Å². The van der Waals surface area contributed by atoms with Crippen LogP contribution in [0.5, 0.6) is 5.75 Å². The Kier molecular flexibility index (Phi) is 7.88. The third kappa shape index (κ3) is 4.91. The number of carbonyl (C=O) groups is 5. The number of alkyl halides is 1. The fourth-order valence-electron chi connectivity index (χ4n) is 8.97. The molecule has 0 spiro atoms. The van der Waals surface area contributed by atoms with Crippen LogP contribution in [0.2, 0.25) is 0 Å². The van der Waals surface area contributed by atoms with Crippen LogP contribution >= 0.6 is 0 Å². The van der Waals surface area contributed by atoms with Crippen molar-refractivity contribution in [3.63, 3.8) is 0 Å². The standard InChI is InChI=1S/C37H43FO7/c1-19(2)28-30(41)26(20(3)39)32(43)37(45)33(44)29-31(42)27-24(17-35(29,6)18-36(28,37)7)23(14-15-25(27)40)22-12-10-21(11-13-22)9-8-16-34(4,5)38/h10-15,19,26,28-29,40,45H,8-9,16-18H2,1-7H3/t26?,28?,29?,35-,36-,37+/m1/s1. The summed E-state index contributed by atoms with van der Waals surface area (Å²) in [7, 11) is 0. The Labute approximate surface area is 263 Å². The van der Waals surface area contributed by atoms with E-state index in [0.29, 0.717) is 30.4 Å². The molecule has 0 aliphatic heterocycles. The van der Waals surface area contributed by atoms with Gasteiger partial charge in [0, 0.05) is 11.3 Å². The molecule has 7 nitrogen and oxygen atoms in total. The van der Waals surface area contributed by atoms with Crippen LogP contribution < -0.4 is 0 Å². The summed E-state index contributed by atoms with van der Waals surface area (Å²) in [6.45, 7) is 11.1. The average Bonchev–Trinajstić information content (AvgIpc) is 2.90. The number of aryl methyl sites for hydroxylation is 1. The van der Waals surface area contributed by atoms with Crippen molar-refractivity contribution in [2.24, 2.45) is 34.5 Å². The Balaban J connectivity index is 1.60. The first-order chi connectivity index (χ1) is 20.8. The number of Topliss-reactive ketones (excluding diaryl/α,β-unsaturated/α-hetero) is 5. The van der Waals surface area contributed by atoms with Crippen LogP contribution in [0, 0.1) is 34.5 Å². The molecule has 2 fully saturated rings. The highest BCUT2D eigenvalue weighted by Gasteiger charge is 2.76. The van der Waals surface area contributed by atoms with Crippen LogP contribution in [-0.4, -0.2) is 50.4 Å². The lowest BCUT2D eigenvalue weighted by Gasteiger charge is -2.61. The van der Waals surface area contributed by atoms with Crippen LogP contribution in [0.1, 0.15) is 89.2 Å². The highest BCUT2D eigenvalue weighted by Crippen LogP contribution is 2.64. The number of phenols is 1. The third-order valence-corrected chi connectivity index (χ3v) is 10.8. The maximum atomic E-state index is 14.4. The summed E-state index contributed by atoms with van der Waals surface area (Å²) in [5, 5.41) is 23.1. The van der Waals surface area contributed by atoms with E-state index >= 15 is 0 Å². The number of hydrogen-bond acceptors (Lipinski definition) is 7. The molecular weight excluding hydrogens is 575 g/mol. The molecule has 0 aromatic heterocycles.